The Morgan fingerprint density at radius 2 is 2.00 bits per heavy atom. The quantitative estimate of drug-likeness (QED) is 0.668. The average molecular weight is 271 g/mol. The van der Waals surface area contributed by atoms with Gasteiger partial charge in [0.15, 0.2) is 0 Å². The molecule has 4 N–H and O–H groups in total. The minimum atomic E-state index is -0.896. The summed E-state index contributed by atoms with van der Waals surface area (Å²) in [5.41, 5.74) is 5.22. The van der Waals surface area contributed by atoms with Crippen molar-refractivity contribution in [2.24, 2.45) is 17.6 Å². The van der Waals surface area contributed by atoms with Crippen LogP contribution in [0.1, 0.15) is 26.7 Å². The van der Waals surface area contributed by atoms with Crippen molar-refractivity contribution in [3.05, 3.63) is 0 Å². The molecule has 0 saturated carbocycles. The fourth-order valence-electron chi connectivity index (χ4n) is 2.15. The second-order valence-electron chi connectivity index (χ2n) is 5.20. The Hall–Kier alpha value is -1.79. The highest BCUT2D eigenvalue weighted by Crippen LogP contribution is 2.17. The van der Waals surface area contributed by atoms with Crippen LogP contribution in [0.5, 0.6) is 0 Å². The third kappa shape index (κ3) is 4.11. The maximum absolute atomic E-state index is 12.0. The molecule has 7 nitrogen and oxygen atoms in total. The Kier molecular flexibility index (Phi) is 5.14. The molecule has 0 bridgehead atoms. The Balaban J connectivity index is 2.62. The summed E-state index contributed by atoms with van der Waals surface area (Å²) < 4.78 is 0. The lowest BCUT2D eigenvalue weighted by atomic mass is 9.98. The zero-order valence-corrected chi connectivity index (χ0v) is 11.3. The highest BCUT2D eigenvalue weighted by molar-refractivity contribution is 5.86. The molecule has 1 aliphatic heterocycles. The van der Waals surface area contributed by atoms with Gasteiger partial charge in [-0.15, -0.1) is 0 Å². The molecular formula is C12H21N3O4. The Morgan fingerprint density at radius 3 is 2.47 bits per heavy atom. The first kappa shape index (κ1) is 15.3. The minimum absolute atomic E-state index is 0.110. The van der Waals surface area contributed by atoms with Gasteiger partial charge in [0.25, 0.3) is 0 Å². The van der Waals surface area contributed by atoms with Gasteiger partial charge in [0.1, 0.15) is 6.04 Å². The minimum Gasteiger partial charge on any atom is -0.481 e. The molecule has 108 valence electrons. The van der Waals surface area contributed by atoms with Gasteiger partial charge in [0, 0.05) is 13.1 Å². The number of piperidine rings is 1. The fraction of sp³-hybridized carbons (Fsp3) is 0.750. The lowest BCUT2D eigenvalue weighted by Gasteiger charge is -2.32. The molecule has 1 heterocycles. The first-order valence-electron chi connectivity index (χ1n) is 6.40. The smallest absolute Gasteiger partial charge is 0.318 e. The number of hydrogen-bond acceptors (Lipinski definition) is 3. The van der Waals surface area contributed by atoms with Crippen LogP contribution in [0, 0.1) is 11.8 Å². The normalized spacial score (nSPS) is 21.0. The first-order valence-corrected chi connectivity index (χ1v) is 6.40. The van der Waals surface area contributed by atoms with Gasteiger partial charge in [0.2, 0.25) is 5.91 Å². The van der Waals surface area contributed by atoms with E-state index in [9.17, 15) is 14.4 Å². The van der Waals surface area contributed by atoms with E-state index >= 15 is 0 Å². The van der Waals surface area contributed by atoms with E-state index in [1.807, 2.05) is 0 Å². The Morgan fingerprint density at radius 1 is 1.37 bits per heavy atom. The van der Waals surface area contributed by atoms with E-state index in [2.05, 4.69) is 5.32 Å². The number of nitrogens with zero attached hydrogens (tertiary/aromatic N) is 1. The van der Waals surface area contributed by atoms with Gasteiger partial charge in [-0.1, -0.05) is 13.8 Å². The second kappa shape index (κ2) is 6.40. The Bertz CT molecular complexity index is 370. The molecule has 0 radical (unpaired) electrons. The fourth-order valence-corrected chi connectivity index (χ4v) is 2.15. The van der Waals surface area contributed by atoms with Crippen LogP contribution >= 0.6 is 0 Å². The van der Waals surface area contributed by atoms with Crippen LogP contribution in [0.15, 0.2) is 0 Å². The van der Waals surface area contributed by atoms with Crippen LogP contribution in [-0.2, 0) is 9.59 Å². The van der Waals surface area contributed by atoms with Crippen molar-refractivity contribution in [1.29, 1.82) is 0 Å². The van der Waals surface area contributed by atoms with Crippen molar-refractivity contribution in [3.8, 4) is 0 Å². The molecular weight excluding hydrogens is 250 g/mol. The summed E-state index contributed by atoms with van der Waals surface area (Å²) in [6, 6.07) is -1.17. The third-order valence-corrected chi connectivity index (χ3v) is 3.31. The summed E-state index contributed by atoms with van der Waals surface area (Å²) in [7, 11) is 0. The van der Waals surface area contributed by atoms with Crippen LogP contribution in [-0.4, -0.2) is 47.0 Å². The summed E-state index contributed by atoms with van der Waals surface area (Å²) in [6.45, 7) is 4.24. The number of carbonyl (C=O) groups is 3. The van der Waals surface area contributed by atoms with Crippen molar-refractivity contribution in [2.75, 3.05) is 13.1 Å². The standard InChI is InChI=1S/C12H21N3O4/c1-7(2)9(10(13)16)14-12(19)15-5-3-4-8(6-15)11(17)18/h7-9H,3-6H2,1-2H3,(H2,13,16)(H,14,19)(H,17,18)/t8-,9?/m0/s1. The first-order chi connectivity index (χ1) is 8.82. The van der Waals surface area contributed by atoms with Gasteiger partial charge < -0.3 is 21.1 Å². The number of carboxylic acids is 1. The van der Waals surface area contributed by atoms with Crippen LogP contribution < -0.4 is 11.1 Å². The summed E-state index contributed by atoms with van der Waals surface area (Å²) in [5.74, 6) is -2.13. The van der Waals surface area contributed by atoms with E-state index in [0.29, 0.717) is 19.4 Å². The number of amides is 3. The van der Waals surface area contributed by atoms with Crippen LogP contribution in [0.3, 0.4) is 0 Å². The number of primary amides is 1. The Labute approximate surface area is 112 Å². The van der Waals surface area contributed by atoms with E-state index in [4.69, 9.17) is 10.8 Å². The van der Waals surface area contributed by atoms with Gasteiger partial charge >= 0.3 is 12.0 Å². The topological polar surface area (TPSA) is 113 Å². The van der Waals surface area contributed by atoms with Crippen molar-refractivity contribution >= 4 is 17.9 Å². The van der Waals surface area contributed by atoms with Gasteiger partial charge in [-0.3, -0.25) is 9.59 Å². The second-order valence-corrected chi connectivity index (χ2v) is 5.20. The summed E-state index contributed by atoms with van der Waals surface area (Å²) in [6.07, 6.45) is 1.22. The molecule has 19 heavy (non-hydrogen) atoms. The molecule has 0 spiro atoms. The lowest BCUT2D eigenvalue weighted by Crippen LogP contribution is -2.54. The third-order valence-electron chi connectivity index (χ3n) is 3.31. The molecule has 1 fully saturated rings. The molecule has 1 aliphatic rings. The number of nitrogens with two attached hydrogens (primary N) is 1. The zero-order valence-electron chi connectivity index (χ0n) is 11.3. The lowest BCUT2D eigenvalue weighted by molar-refractivity contribution is -0.143. The predicted molar refractivity (Wildman–Crippen MR) is 68.3 cm³/mol. The molecule has 2 atom stereocenters. The maximum Gasteiger partial charge on any atom is 0.318 e. The monoisotopic (exact) mass is 271 g/mol. The van der Waals surface area contributed by atoms with E-state index in [1.54, 1.807) is 13.8 Å². The van der Waals surface area contributed by atoms with Crippen LogP contribution in [0.4, 0.5) is 4.79 Å². The van der Waals surface area contributed by atoms with Crippen molar-refractivity contribution in [2.45, 2.75) is 32.7 Å². The average Bonchev–Trinajstić information content (AvgIpc) is 2.34. The zero-order chi connectivity index (χ0) is 14.6. The molecule has 1 rings (SSSR count). The summed E-state index contributed by atoms with van der Waals surface area (Å²) in [5, 5.41) is 11.5. The highest BCUT2D eigenvalue weighted by Gasteiger charge is 2.30. The summed E-state index contributed by atoms with van der Waals surface area (Å²) in [4.78, 5) is 35.6. The SMILES string of the molecule is CC(C)C(NC(=O)N1CCC[C@H](C(=O)O)C1)C(N)=O. The van der Waals surface area contributed by atoms with E-state index in [1.165, 1.54) is 4.90 Å². The highest BCUT2D eigenvalue weighted by atomic mass is 16.4. The largest absolute Gasteiger partial charge is 0.481 e. The van der Waals surface area contributed by atoms with Gasteiger partial charge in [0.05, 0.1) is 5.92 Å². The summed E-state index contributed by atoms with van der Waals surface area (Å²) >= 11 is 0. The predicted octanol–water partition coefficient (Wildman–Crippen LogP) is 0.00250. The van der Waals surface area contributed by atoms with Crippen molar-refractivity contribution in [1.82, 2.24) is 10.2 Å². The molecule has 0 aromatic heterocycles. The maximum atomic E-state index is 12.0. The number of nitrogens with one attached hydrogen (secondary N) is 1. The molecule has 0 aromatic carbocycles. The molecule has 1 saturated heterocycles. The number of aliphatic carboxylic acids is 1. The van der Waals surface area contributed by atoms with E-state index in [-0.39, 0.29) is 12.5 Å². The van der Waals surface area contributed by atoms with Gasteiger partial charge in [-0.2, -0.15) is 0 Å². The molecule has 7 heteroatoms. The number of urea groups is 1. The number of carboxylic acid groups (broad SMARTS) is 1. The number of likely N-dealkylation sites (tertiary alicyclic amines) is 1. The van der Waals surface area contributed by atoms with E-state index in [0.717, 1.165) is 0 Å². The molecule has 0 aromatic rings. The van der Waals surface area contributed by atoms with E-state index < -0.39 is 29.9 Å². The molecule has 0 aliphatic carbocycles. The molecule has 1 unspecified atom stereocenters. The molecule has 3 amide bonds. The van der Waals surface area contributed by atoms with Crippen molar-refractivity contribution in [3.63, 3.8) is 0 Å². The number of carbonyl (C=O) groups excluding carboxylic acids is 2. The number of rotatable bonds is 4. The number of hydrogen-bond donors (Lipinski definition) is 3. The van der Waals surface area contributed by atoms with Crippen molar-refractivity contribution < 1.29 is 19.5 Å². The van der Waals surface area contributed by atoms with Crippen LogP contribution in [0.2, 0.25) is 0 Å². The van der Waals surface area contributed by atoms with Gasteiger partial charge in [-0.05, 0) is 18.8 Å². The van der Waals surface area contributed by atoms with Crippen LogP contribution in [0.25, 0.3) is 0 Å². The van der Waals surface area contributed by atoms with Gasteiger partial charge in [-0.25, -0.2) is 4.79 Å².